The zero-order chi connectivity index (χ0) is 30.1. The summed E-state index contributed by atoms with van der Waals surface area (Å²) in [4.78, 5) is 25.2. The van der Waals surface area contributed by atoms with Crippen LogP contribution in [0.25, 0.3) is 5.69 Å². The number of halogens is 4. The molecule has 1 saturated carbocycles. The lowest BCUT2D eigenvalue weighted by Gasteiger charge is -2.39. The quantitative estimate of drug-likeness (QED) is 0.268. The number of amides is 2. The monoisotopic (exact) mass is 582 g/mol. The molecule has 3 unspecified atom stereocenters. The fraction of sp³-hybridized carbons (Fsp3) is 0.300. The second-order valence-electron chi connectivity index (χ2n) is 10.5. The van der Waals surface area contributed by atoms with Crippen LogP contribution in [0.15, 0.2) is 78.9 Å². The van der Waals surface area contributed by atoms with E-state index in [1.807, 2.05) is 0 Å². The summed E-state index contributed by atoms with van der Waals surface area (Å²) in [5.41, 5.74) is 8.72. The van der Waals surface area contributed by atoms with Crippen LogP contribution in [0.2, 0.25) is 0 Å². The highest BCUT2D eigenvalue weighted by molar-refractivity contribution is 5.94. The van der Waals surface area contributed by atoms with Gasteiger partial charge in [0.1, 0.15) is 5.69 Å². The lowest BCUT2D eigenvalue weighted by molar-refractivity contribution is -0.141. The third-order valence-corrected chi connectivity index (χ3v) is 7.43. The van der Waals surface area contributed by atoms with Crippen molar-refractivity contribution in [2.75, 3.05) is 6.54 Å². The number of allylic oxidation sites excluding steroid dienone is 2. The lowest BCUT2D eigenvalue weighted by atomic mass is 9.81. The summed E-state index contributed by atoms with van der Waals surface area (Å²) in [6, 6.07) is 10.9. The van der Waals surface area contributed by atoms with Gasteiger partial charge in [-0.1, -0.05) is 42.5 Å². The van der Waals surface area contributed by atoms with Crippen LogP contribution in [0.5, 0.6) is 0 Å². The summed E-state index contributed by atoms with van der Waals surface area (Å²) >= 11 is 0. The summed E-state index contributed by atoms with van der Waals surface area (Å²) in [5, 5.41) is 9.51. The molecule has 2 amide bonds. The molecule has 0 spiro atoms. The molecule has 0 bridgehead atoms. The first kappa shape index (κ1) is 29.2. The molecule has 1 aromatic heterocycles. The van der Waals surface area contributed by atoms with Crippen molar-refractivity contribution < 1.29 is 27.2 Å². The Morgan fingerprint density at radius 3 is 2.48 bits per heavy atom. The summed E-state index contributed by atoms with van der Waals surface area (Å²) in [5.74, 6) is -1.19. The minimum atomic E-state index is -4.82. The zero-order valence-corrected chi connectivity index (χ0v) is 22.4. The Balaban J connectivity index is 1.49. The van der Waals surface area contributed by atoms with Gasteiger partial charge >= 0.3 is 6.18 Å². The van der Waals surface area contributed by atoms with E-state index in [1.54, 1.807) is 30.3 Å². The largest absolute Gasteiger partial charge is 0.435 e. The number of nitrogens with one attached hydrogen (secondary N) is 2. The number of hydrogen-bond acceptors (Lipinski definition) is 5. The molecule has 3 atom stereocenters. The molecule has 3 aromatic rings. The molecular weight excluding hydrogens is 552 g/mol. The summed E-state index contributed by atoms with van der Waals surface area (Å²) < 4.78 is 59.1. The molecule has 220 valence electrons. The zero-order valence-electron chi connectivity index (χ0n) is 22.4. The molecule has 1 heterocycles. The van der Waals surface area contributed by atoms with E-state index >= 15 is 4.39 Å². The van der Waals surface area contributed by atoms with E-state index in [0.29, 0.717) is 29.7 Å². The summed E-state index contributed by atoms with van der Waals surface area (Å²) in [7, 11) is 0. The van der Waals surface area contributed by atoms with Gasteiger partial charge in [-0.2, -0.15) is 18.3 Å². The number of benzene rings is 2. The third kappa shape index (κ3) is 6.14. The van der Waals surface area contributed by atoms with Gasteiger partial charge in [0.2, 0.25) is 5.91 Å². The van der Waals surface area contributed by atoms with Gasteiger partial charge in [0.05, 0.1) is 17.8 Å². The average molecular weight is 583 g/mol. The molecule has 2 aliphatic rings. The Kier molecular flexibility index (Phi) is 8.02. The summed E-state index contributed by atoms with van der Waals surface area (Å²) in [6.45, 7) is 0.646. The van der Waals surface area contributed by atoms with Gasteiger partial charge in [0, 0.05) is 18.2 Å². The van der Waals surface area contributed by atoms with Crippen molar-refractivity contribution in [3.8, 4) is 5.69 Å². The van der Waals surface area contributed by atoms with Crippen LogP contribution in [0.4, 0.5) is 17.6 Å². The Labute approximate surface area is 239 Å². The van der Waals surface area contributed by atoms with Crippen LogP contribution >= 0.6 is 0 Å². The number of aromatic nitrogens is 2. The van der Waals surface area contributed by atoms with Crippen LogP contribution in [0.3, 0.4) is 0 Å². The number of hydrogen-bond donors (Lipinski definition) is 4. The minimum absolute atomic E-state index is 0.127. The number of carbonyl (C=O) groups excluding carboxylic acids is 2. The van der Waals surface area contributed by atoms with Crippen LogP contribution in [-0.4, -0.2) is 39.9 Å². The maximum Gasteiger partial charge on any atom is 0.435 e. The van der Waals surface area contributed by atoms with E-state index in [4.69, 9.17) is 11.5 Å². The van der Waals surface area contributed by atoms with Crippen molar-refractivity contribution in [1.82, 2.24) is 20.4 Å². The number of nitrogens with zero attached hydrogens (tertiary/aromatic N) is 2. The van der Waals surface area contributed by atoms with Crippen molar-refractivity contribution >= 4 is 11.8 Å². The van der Waals surface area contributed by atoms with Gasteiger partial charge in [-0.15, -0.1) is 0 Å². The van der Waals surface area contributed by atoms with Gasteiger partial charge in [-0.3, -0.25) is 9.59 Å². The van der Waals surface area contributed by atoms with E-state index in [0.717, 1.165) is 17.5 Å². The van der Waals surface area contributed by atoms with Crippen molar-refractivity contribution in [2.24, 2.45) is 17.4 Å². The van der Waals surface area contributed by atoms with Gasteiger partial charge in [-0.05, 0) is 66.8 Å². The van der Waals surface area contributed by atoms with Crippen molar-refractivity contribution in [3.05, 3.63) is 107 Å². The molecule has 5 rings (SSSR count). The first-order valence-corrected chi connectivity index (χ1v) is 13.4. The summed E-state index contributed by atoms with van der Waals surface area (Å²) in [6.07, 6.45) is 3.02. The second kappa shape index (κ2) is 11.5. The predicted molar refractivity (Wildman–Crippen MR) is 148 cm³/mol. The third-order valence-electron chi connectivity index (χ3n) is 7.43. The topological polar surface area (TPSA) is 128 Å². The molecular formula is C30H30F4N6O2. The first-order chi connectivity index (χ1) is 20.0. The van der Waals surface area contributed by atoms with Crippen molar-refractivity contribution in [3.63, 3.8) is 0 Å². The first-order valence-electron chi connectivity index (χ1n) is 13.4. The predicted octanol–water partition coefficient (Wildman–Crippen LogP) is 4.12. The van der Waals surface area contributed by atoms with Gasteiger partial charge < -0.3 is 22.1 Å². The van der Waals surface area contributed by atoms with Crippen molar-refractivity contribution in [1.29, 1.82) is 0 Å². The molecule has 0 aliphatic heterocycles. The molecule has 12 heteroatoms. The average Bonchev–Trinajstić information content (AvgIpc) is 3.67. The molecule has 42 heavy (non-hydrogen) atoms. The normalized spacial score (nSPS) is 20.8. The molecule has 1 fully saturated rings. The standard InChI is InChI=1S/C30H30F4N6O2/c31-29(26(37-17-18-7-8-18)20-9-11-21(12-10-20)27(36)41)13-2-1-6-24(29)38-28(42)23-15-25(30(32,33)34)39-40(23)22-5-3-4-19(14-22)16-35/h1-6,9-15,18,24,26,37H,7-8,16-17,35H2,(H2,36,41)(H,38,42). The number of nitrogens with two attached hydrogens (primary N) is 2. The highest BCUT2D eigenvalue weighted by Crippen LogP contribution is 2.39. The highest BCUT2D eigenvalue weighted by atomic mass is 19.4. The van der Waals surface area contributed by atoms with Crippen molar-refractivity contribution in [2.45, 2.75) is 43.3 Å². The number of alkyl halides is 4. The Bertz CT molecular complexity index is 1530. The van der Waals surface area contributed by atoms with Crippen LogP contribution in [0, 0.1) is 5.92 Å². The SMILES string of the molecule is NCc1cccc(-n2nc(C(F)(F)F)cc2C(=O)NC2C=CC=CC2(F)C(NCC2CC2)c2ccc(C(N)=O)cc2)c1. The minimum Gasteiger partial charge on any atom is -0.366 e. The Hall–Kier alpha value is -4.29. The Morgan fingerprint density at radius 1 is 1.10 bits per heavy atom. The van der Waals surface area contributed by atoms with E-state index in [-0.39, 0.29) is 17.8 Å². The van der Waals surface area contributed by atoms with E-state index in [2.05, 4.69) is 15.7 Å². The Morgan fingerprint density at radius 2 is 1.83 bits per heavy atom. The fourth-order valence-electron chi connectivity index (χ4n) is 4.95. The number of rotatable bonds is 10. The fourth-order valence-corrected chi connectivity index (χ4v) is 4.95. The lowest BCUT2D eigenvalue weighted by Crippen LogP contribution is -2.55. The number of primary amides is 1. The van der Waals surface area contributed by atoms with Crippen LogP contribution in [-0.2, 0) is 12.7 Å². The van der Waals surface area contributed by atoms with Gasteiger partial charge in [0.15, 0.2) is 11.4 Å². The molecule has 0 radical (unpaired) electrons. The van der Waals surface area contributed by atoms with E-state index in [1.165, 1.54) is 42.5 Å². The smallest absolute Gasteiger partial charge is 0.366 e. The van der Waals surface area contributed by atoms with Gasteiger partial charge in [0.25, 0.3) is 5.91 Å². The maximum atomic E-state index is 17.2. The second-order valence-corrected chi connectivity index (χ2v) is 10.5. The highest BCUT2D eigenvalue weighted by Gasteiger charge is 2.47. The number of carbonyl (C=O) groups is 2. The molecule has 0 saturated heterocycles. The molecule has 8 nitrogen and oxygen atoms in total. The maximum absolute atomic E-state index is 17.2. The molecule has 2 aromatic carbocycles. The van der Waals surface area contributed by atoms with E-state index < -0.39 is 47.1 Å². The molecule has 6 N–H and O–H groups in total. The van der Waals surface area contributed by atoms with Crippen LogP contribution < -0.4 is 22.1 Å². The molecule has 2 aliphatic carbocycles. The van der Waals surface area contributed by atoms with Crippen LogP contribution in [0.1, 0.15) is 56.6 Å². The van der Waals surface area contributed by atoms with E-state index in [9.17, 15) is 22.8 Å². The van der Waals surface area contributed by atoms with Gasteiger partial charge in [-0.25, -0.2) is 9.07 Å².